The summed E-state index contributed by atoms with van der Waals surface area (Å²) in [7, 11) is 0. The van der Waals surface area contributed by atoms with Gasteiger partial charge < -0.3 is 4.90 Å². The molecule has 0 fully saturated rings. The summed E-state index contributed by atoms with van der Waals surface area (Å²) in [6.45, 7) is 4.86. The molecule has 0 atom stereocenters. The normalized spacial score (nSPS) is 13.0. The summed E-state index contributed by atoms with van der Waals surface area (Å²) in [6.07, 6.45) is 0. The van der Waals surface area contributed by atoms with E-state index in [1.807, 2.05) is 0 Å². The van der Waals surface area contributed by atoms with Crippen molar-refractivity contribution in [2.45, 2.75) is 19.3 Å². The van der Waals surface area contributed by atoms with Crippen LogP contribution in [0.25, 0.3) is 110 Å². The van der Waals surface area contributed by atoms with Crippen LogP contribution in [0.2, 0.25) is 0 Å². The van der Waals surface area contributed by atoms with E-state index in [1.165, 1.54) is 121 Å². The minimum Gasteiger partial charge on any atom is -0.310 e. The quantitative estimate of drug-likeness (QED) is 0.159. The molecule has 14 rings (SSSR count). The molecule has 2 aliphatic rings. The Hall–Kier alpha value is -8.52. The van der Waals surface area contributed by atoms with Crippen LogP contribution in [-0.4, -0.2) is 0 Å². The second-order valence-electron chi connectivity index (χ2n) is 19.1. The van der Waals surface area contributed by atoms with E-state index in [9.17, 15) is 0 Å². The van der Waals surface area contributed by atoms with Crippen LogP contribution in [-0.2, 0) is 5.41 Å². The Labute approximate surface area is 396 Å². The average Bonchev–Trinajstić information content (AvgIpc) is 3.63. The number of anilines is 3. The minimum absolute atomic E-state index is 0.282. The first kappa shape index (κ1) is 38.7. The monoisotopic (exact) mass is 863 g/mol. The molecule has 1 nitrogen and oxygen atoms in total. The van der Waals surface area contributed by atoms with E-state index < -0.39 is 0 Å². The zero-order valence-corrected chi connectivity index (χ0v) is 38.0. The van der Waals surface area contributed by atoms with Crippen LogP contribution in [0.1, 0.15) is 25.0 Å². The first-order chi connectivity index (χ1) is 33.5. The van der Waals surface area contributed by atoms with Crippen molar-refractivity contribution in [1.29, 1.82) is 0 Å². The predicted octanol–water partition coefficient (Wildman–Crippen LogP) is 18.7. The third kappa shape index (κ3) is 5.63. The molecule has 0 aromatic heterocycles. The maximum atomic E-state index is 2.53. The highest BCUT2D eigenvalue weighted by atomic mass is 15.1. The van der Waals surface area contributed by atoms with E-state index >= 15 is 0 Å². The average molecular weight is 864 g/mol. The van der Waals surface area contributed by atoms with E-state index in [4.69, 9.17) is 0 Å². The van der Waals surface area contributed by atoms with Crippen molar-refractivity contribution in [3.63, 3.8) is 0 Å². The van der Waals surface area contributed by atoms with Crippen molar-refractivity contribution in [2.75, 3.05) is 4.90 Å². The largest absolute Gasteiger partial charge is 0.310 e. The Morgan fingerprint density at radius 1 is 0.265 bits per heavy atom. The maximum absolute atomic E-state index is 2.53. The van der Waals surface area contributed by atoms with Gasteiger partial charge in [0.2, 0.25) is 0 Å². The van der Waals surface area contributed by atoms with Crippen molar-refractivity contribution < 1.29 is 0 Å². The molecule has 68 heavy (non-hydrogen) atoms. The zero-order valence-electron chi connectivity index (χ0n) is 38.0. The van der Waals surface area contributed by atoms with Crippen LogP contribution in [0.15, 0.2) is 237 Å². The van der Waals surface area contributed by atoms with Gasteiger partial charge in [-0.3, -0.25) is 0 Å². The van der Waals surface area contributed by atoms with Gasteiger partial charge in [0, 0.05) is 22.2 Å². The van der Waals surface area contributed by atoms with Gasteiger partial charge in [-0.25, -0.2) is 0 Å². The third-order valence-corrected chi connectivity index (χ3v) is 15.2. The fourth-order valence-electron chi connectivity index (χ4n) is 12.0. The highest BCUT2D eigenvalue weighted by Gasteiger charge is 2.39. The molecule has 12 aromatic rings. The fourth-order valence-corrected chi connectivity index (χ4v) is 12.0. The van der Waals surface area contributed by atoms with Crippen LogP contribution in [0.3, 0.4) is 0 Å². The fraction of sp³-hybridized carbons (Fsp3) is 0.0448. The van der Waals surface area contributed by atoms with E-state index in [-0.39, 0.29) is 5.41 Å². The summed E-state index contributed by atoms with van der Waals surface area (Å²) in [4.78, 5) is 2.52. The van der Waals surface area contributed by atoms with Gasteiger partial charge in [-0.15, -0.1) is 0 Å². The van der Waals surface area contributed by atoms with Crippen LogP contribution in [0.5, 0.6) is 0 Å². The number of nitrogens with zero attached hydrogens (tertiary/aromatic N) is 1. The van der Waals surface area contributed by atoms with Gasteiger partial charge in [-0.2, -0.15) is 0 Å². The Bertz CT molecular complexity index is 4040. The topological polar surface area (TPSA) is 3.24 Å². The van der Waals surface area contributed by atoms with Crippen LogP contribution in [0.4, 0.5) is 17.1 Å². The van der Waals surface area contributed by atoms with E-state index in [1.54, 1.807) is 0 Å². The molecule has 0 heterocycles. The number of fused-ring (bicyclic) bond motifs is 19. The van der Waals surface area contributed by atoms with Crippen molar-refractivity contribution >= 4 is 60.2 Å². The molecule has 0 unspecified atom stereocenters. The van der Waals surface area contributed by atoms with Crippen molar-refractivity contribution in [1.82, 2.24) is 0 Å². The predicted molar refractivity (Wildman–Crippen MR) is 289 cm³/mol. The highest BCUT2D eigenvalue weighted by molar-refractivity contribution is 6.27. The lowest BCUT2D eigenvalue weighted by atomic mass is 9.80. The summed E-state index contributed by atoms with van der Waals surface area (Å²) in [5.74, 6) is 0. The van der Waals surface area contributed by atoms with Gasteiger partial charge in [-0.05, 0) is 158 Å². The lowest BCUT2D eigenvalue weighted by molar-refractivity contribution is 0.662. The second-order valence-corrected chi connectivity index (χ2v) is 19.1. The van der Waals surface area contributed by atoms with Gasteiger partial charge in [-0.1, -0.05) is 208 Å². The first-order valence-electron chi connectivity index (χ1n) is 23.8. The molecule has 0 amide bonds. The lowest BCUT2D eigenvalue weighted by Crippen LogP contribution is -2.17. The number of rotatable bonds is 4. The first-order valence-corrected chi connectivity index (χ1v) is 23.8. The van der Waals surface area contributed by atoms with Crippen LogP contribution < -0.4 is 4.90 Å². The van der Waals surface area contributed by atoms with E-state index in [0.29, 0.717) is 0 Å². The maximum Gasteiger partial charge on any atom is 0.0543 e. The molecule has 0 aliphatic heterocycles. The van der Waals surface area contributed by atoms with Gasteiger partial charge in [0.15, 0.2) is 0 Å². The molecule has 318 valence electrons. The van der Waals surface area contributed by atoms with Crippen molar-refractivity contribution in [3.8, 4) is 66.8 Å². The van der Waals surface area contributed by atoms with Crippen molar-refractivity contribution in [3.05, 3.63) is 248 Å². The van der Waals surface area contributed by atoms with Gasteiger partial charge >= 0.3 is 0 Å². The Kier molecular flexibility index (Phi) is 8.40. The smallest absolute Gasteiger partial charge is 0.0543 e. The van der Waals surface area contributed by atoms with E-state index in [0.717, 1.165) is 17.1 Å². The standard InChI is InChI=1S/C67H45N/c1-67(2)63-40-61-55-29-15-12-25-51(55)50-24-11-14-28-54(50)60(61)39-62(63)66-58-31-17-16-30-57(58)65(41-64(66)67)68(44-34-32-43(33-35-44)42-18-4-3-5-19-42)45-36-37-56-52-26-9-8-22-48(52)46-20-6-7-21-47(46)49-23-10-13-27-53(49)59(56)38-45/h3-41H,1-2H3. The molecule has 0 radical (unpaired) electrons. The number of hydrogen-bond acceptors (Lipinski definition) is 1. The van der Waals surface area contributed by atoms with E-state index in [2.05, 4.69) is 255 Å². The molecule has 12 aromatic carbocycles. The molecule has 2 aliphatic carbocycles. The molecular formula is C67H45N. The Morgan fingerprint density at radius 2 is 0.676 bits per heavy atom. The molecular weight excluding hydrogens is 819 g/mol. The third-order valence-electron chi connectivity index (χ3n) is 15.2. The number of hydrogen-bond donors (Lipinski definition) is 0. The Morgan fingerprint density at radius 3 is 1.24 bits per heavy atom. The molecule has 0 N–H and O–H groups in total. The zero-order chi connectivity index (χ0) is 45.1. The summed E-state index contributed by atoms with van der Waals surface area (Å²) in [5.41, 5.74) is 20.8. The summed E-state index contributed by atoms with van der Waals surface area (Å²) in [6, 6.07) is 88.4. The molecule has 0 saturated heterocycles. The van der Waals surface area contributed by atoms with Crippen molar-refractivity contribution in [2.24, 2.45) is 0 Å². The lowest BCUT2D eigenvalue weighted by Gasteiger charge is -2.31. The minimum atomic E-state index is -0.282. The SMILES string of the molecule is CC1(C)c2cc3c4ccccc4c4ccccc4c3cc2-c2c1cc(N(c1ccc(-c3ccccc3)cc1)c1ccc3c(c1)-c1ccccc1-c1ccccc1-c1ccccc1-3)c1ccccc21. The van der Waals surface area contributed by atoms with Crippen LogP contribution >= 0.6 is 0 Å². The summed E-state index contributed by atoms with van der Waals surface area (Å²) in [5, 5.41) is 10.3. The summed E-state index contributed by atoms with van der Waals surface area (Å²) >= 11 is 0. The van der Waals surface area contributed by atoms with Gasteiger partial charge in [0.25, 0.3) is 0 Å². The molecule has 0 saturated carbocycles. The number of benzene rings is 12. The molecule has 0 bridgehead atoms. The summed E-state index contributed by atoms with van der Waals surface area (Å²) < 4.78 is 0. The highest BCUT2D eigenvalue weighted by Crippen LogP contribution is 2.57. The molecule has 0 spiro atoms. The molecule has 1 heteroatoms. The second kappa shape index (κ2) is 14.7. The Balaban J connectivity index is 1.04. The van der Waals surface area contributed by atoms with Crippen LogP contribution in [0, 0.1) is 0 Å². The van der Waals surface area contributed by atoms with Gasteiger partial charge in [0.1, 0.15) is 0 Å². The van der Waals surface area contributed by atoms with Gasteiger partial charge in [0.05, 0.1) is 5.69 Å².